The van der Waals surface area contributed by atoms with Crippen LogP contribution in [0.15, 0.2) is 64.5 Å². The van der Waals surface area contributed by atoms with Crippen LogP contribution in [0.3, 0.4) is 0 Å². The molecule has 1 aliphatic rings. The molecule has 186 valence electrons. The highest BCUT2D eigenvalue weighted by molar-refractivity contribution is 7.91. The number of carbonyl (C=O) groups is 2. The summed E-state index contributed by atoms with van der Waals surface area (Å²) in [6, 6.07) is 11.5. The fourth-order valence-corrected chi connectivity index (χ4v) is 5.25. The molecule has 12 heteroatoms. The van der Waals surface area contributed by atoms with Gasteiger partial charge in [0.25, 0.3) is 0 Å². The van der Waals surface area contributed by atoms with Crippen molar-refractivity contribution in [2.45, 2.75) is 11.4 Å². The van der Waals surface area contributed by atoms with Crippen LogP contribution in [0, 0.1) is 0 Å². The zero-order valence-corrected chi connectivity index (χ0v) is 20.9. The Hall–Kier alpha value is -2.76. The van der Waals surface area contributed by atoms with E-state index in [2.05, 4.69) is 15.6 Å². The summed E-state index contributed by atoms with van der Waals surface area (Å²) in [5.74, 6) is -0.0583. The molecule has 0 unspecified atom stereocenters. The highest BCUT2D eigenvalue weighted by Gasteiger charge is 2.24. The second-order valence-electron chi connectivity index (χ2n) is 7.60. The number of carboxylic acid groups (broad SMARTS) is 1. The van der Waals surface area contributed by atoms with Crippen LogP contribution in [0.5, 0.6) is 0 Å². The molecule has 9 nitrogen and oxygen atoms in total. The summed E-state index contributed by atoms with van der Waals surface area (Å²) in [4.78, 5) is 28.7. The van der Waals surface area contributed by atoms with Crippen molar-refractivity contribution >= 4 is 50.8 Å². The maximum Gasteiger partial charge on any atom is 0.413 e. The predicted molar refractivity (Wildman–Crippen MR) is 135 cm³/mol. The van der Waals surface area contributed by atoms with Crippen molar-refractivity contribution in [3.05, 3.63) is 75.8 Å². The van der Waals surface area contributed by atoms with Gasteiger partial charge in [0.15, 0.2) is 15.6 Å². The first-order valence-electron chi connectivity index (χ1n) is 10.6. The van der Waals surface area contributed by atoms with Gasteiger partial charge in [-0.3, -0.25) is 20.0 Å². The molecule has 2 aromatic carbocycles. The molecule has 0 saturated carbocycles. The zero-order valence-electron chi connectivity index (χ0n) is 18.6. The van der Waals surface area contributed by atoms with Gasteiger partial charge in [-0.05, 0) is 29.8 Å². The molecule has 0 spiro atoms. The average Bonchev–Trinajstić information content (AvgIpc) is 3.29. The van der Waals surface area contributed by atoms with E-state index in [1.165, 1.54) is 29.2 Å². The van der Waals surface area contributed by atoms with E-state index in [9.17, 15) is 23.1 Å². The van der Waals surface area contributed by atoms with Crippen molar-refractivity contribution < 1.29 is 23.1 Å². The number of aliphatic imine (C=N–C) groups is 1. The maximum absolute atomic E-state index is 12.4. The van der Waals surface area contributed by atoms with Gasteiger partial charge in [-0.25, -0.2) is 13.2 Å². The number of ketones is 1. The molecule has 1 heterocycles. The molecule has 0 bridgehead atoms. The molecule has 35 heavy (non-hydrogen) atoms. The van der Waals surface area contributed by atoms with E-state index in [0.717, 1.165) is 11.1 Å². The number of hydrogen-bond acceptors (Lipinski definition) is 7. The van der Waals surface area contributed by atoms with Gasteiger partial charge in [0.05, 0.1) is 29.6 Å². The third kappa shape index (κ3) is 7.61. The smallest absolute Gasteiger partial charge is 0.413 e. The molecule has 2 aromatic rings. The summed E-state index contributed by atoms with van der Waals surface area (Å²) in [6.45, 7) is 1.55. The third-order valence-electron chi connectivity index (χ3n) is 5.00. The first-order valence-corrected chi connectivity index (χ1v) is 13.0. The minimum Gasteiger partial charge on any atom is -0.465 e. The Balaban J connectivity index is 1.38. The third-order valence-corrected chi connectivity index (χ3v) is 7.27. The number of sulfone groups is 1. The summed E-state index contributed by atoms with van der Waals surface area (Å²) in [7, 11) is -3.64. The first kappa shape index (κ1) is 26.8. The van der Waals surface area contributed by atoms with E-state index in [4.69, 9.17) is 23.2 Å². The van der Waals surface area contributed by atoms with Gasteiger partial charge in [-0.15, -0.1) is 0 Å². The van der Waals surface area contributed by atoms with Crippen LogP contribution in [0.25, 0.3) is 0 Å². The lowest BCUT2D eigenvalue weighted by atomic mass is 10.1. The Labute approximate surface area is 213 Å². The number of hydrogen-bond donors (Lipinski definition) is 3. The van der Waals surface area contributed by atoms with Crippen LogP contribution in [0.1, 0.15) is 11.1 Å². The second kappa shape index (κ2) is 12.3. The fourth-order valence-electron chi connectivity index (χ4n) is 3.31. The number of amides is 1. The molecule has 3 N–H and O–H groups in total. The Kier molecular flexibility index (Phi) is 9.41. The van der Waals surface area contributed by atoms with Gasteiger partial charge in [0.2, 0.25) is 0 Å². The summed E-state index contributed by atoms with van der Waals surface area (Å²) in [5, 5.41) is 15.4. The van der Waals surface area contributed by atoms with E-state index >= 15 is 0 Å². The van der Waals surface area contributed by atoms with Gasteiger partial charge < -0.3 is 10.4 Å². The molecule has 1 amide bonds. The van der Waals surface area contributed by atoms with Crippen LogP contribution in [-0.4, -0.2) is 68.2 Å². The van der Waals surface area contributed by atoms with Crippen molar-refractivity contribution in [3.63, 3.8) is 0 Å². The SMILES string of the molecule is O=C(C=CCNCS(=O)(=O)c1ccc(Cl)cc1Cl)CNCc1ccc(C2=NCCN2C(=O)O)cc1. The van der Waals surface area contributed by atoms with Gasteiger partial charge >= 0.3 is 6.09 Å². The number of rotatable bonds is 11. The number of halogens is 2. The first-order chi connectivity index (χ1) is 16.7. The van der Waals surface area contributed by atoms with Crippen LogP contribution in [0.4, 0.5) is 4.79 Å². The van der Waals surface area contributed by atoms with E-state index < -0.39 is 15.9 Å². The quantitative estimate of drug-likeness (QED) is 0.296. The zero-order chi connectivity index (χ0) is 25.4. The molecule has 0 aromatic heterocycles. The molecule has 0 fully saturated rings. The monoisotopic (exact) mass is 538 g/mol. The molecule has 3 rings (SSSR count). The second-order valence-corrected chi connectivity index (χ2v) is 10.4. The van der Waals surface area contributed by atoms with Crippen molar-refractivity contribution in [3.8, 4) is 0 Å². The largest absolute Gasteiger partial charge is 0.465 e. The van der Waals surface area contributed by atoms with Crippen molar-refractivity contribution in [1.82, 2.24) is 15.5 Å². The Morgan fingerprint density at radius 3 is 2.54 bits per heavy atom. The summed E-state index contributed by atoms with van der Waals surface area (Å²) in [5.41, 5.74) is 1.65. The lowest BCUT2D eigenvalue weighted by molar-refractivity contribution is -0.113. The fraction of sp³-hybridized carbons (Fsp3) is 0.261. The number of amidine groups is 1. The minimum atomic E-state index is -3.64. The lowest BCUT2D eigenvalue weighted by Gasteiger charge is -2.14. The average molecular weight is 539 g/mol. The molecule has 0 aliphatic carbocycles. The molecular formula is C23H24Cl2N4O5S. The predicted octanol–water partition coefficient (Wildman–Crippen LogP) is 2.97. The molecule has 1 aliphatic heterocycles. The Bertz CT molecular complexity index is 1250. The lowest BCUT2D eigenvalue weighted by Crippen LogP contribution is -2.33. The van der Waals surface area contributed by atoms with Crippen LogP contribution < -0.4 is 10.6 Å². The molecule has 0 radical (unpaired) electrons. The summed E-state index contributed by atoms with van der Waals surface area (Å²) < 4.78 is 24.7. The number of nitrogens with zero attached hydrogens (tertiary/aromatic N) is 2. The highest BCUT2D eigenvalue weighted by Crippen LogP contribution is 2.25. The Morgan fingerprint density at radius 2 is 1.86 bits per heavy atom. The van der Waals surface area contributed by atoms with Crippen molar-refractivity contribution in [2.75, 3.05) is 32.1 Å². The van der Waals surface area contributed by atoms with Crippen LogP contribution in [-0.2, 0) is 21.2 Å². The topological polar surface area (TPSA) is 128 Å². The van der Waals surface area contributed by atoms with Crippen LogP contribution in [0.2, 0.25) is 10.0 Å². The molecule has 0 saturated heterocycles. The number of benzene rings is 2. The van der Waals surface area contributed by atoms with Crippen molar-refractivity contribution in [2.24, 2.45) is 4.99 Å². The molecule has 0 atom stereocenters. The van der Waals surface area contributed by atoms with Crippen molar-refractivity contribution in [1.29, 1.82) is 0 Å². The normalized spacial score (nSPS) is 13.9. The molecular weight excluding hydrogens is 515 g/mol. The maximum atomic E-state index is 12.4. The van der Waals surface area contributed by atoms with Gasteiger partial charge in [-0.1, -0.05) is 53.5 Å². The van der Waals surface area contributed by atoms with E-state index in [1.54, 1.807) is 18.2 Å². The Morgan fingerprint density at radius 1 is 1.11 bits per heavy atom. The van der Waals surface area contributed by atoms with E-state index in [-0.39, 0.29) is 34.7 Å². The van der Waals surface area contributed by atoms with E-state index in [0.29, 0.717) is 30.5 Å². The van der Waals surface area contributed by atoms with Gasteiger partial charge in [0, 0.05) is 23.7 Å². The standard InChI is InChI=1S/C23H24Cl2N4O5S/c24-18-7-8-21(20(25)12-18)35(33,34)15-26-9-1-2-19(30)14-27-13-16-3-5-17(6-4-16)22-28-10-11-29(22)23(31)32/h1-8,12,26-27H,9-11,13-15H2,(H,31,32). The number of carbonyl (C=O) groups excluding carboxylic acids is 1. The minimum absolute atomic E-state index is 0.0104. The van der Waals surface area contributed by atoms with Gasteiger partial charge in [0.1, 0.15) is 11.7 Å². The summed E-state index contributed by atoms with van der Waals surface area (Å²) >= 11 is 11.8. The van der Waals surface area contributed by atoms with E-state index in [1.807, 2.05) is 12.1 Å². The number of nitrogens with one attached hydrogen (secondary N) is 2. The summed E-state index contributed by atoms with van der Waals surface area (Å²) in [6.07, 6.45) is 1.90. The van der Waals surface area contributed by atoms with Gasteiger partial charge in [-0.2, -0.15) is 0 Å². The van der Waals surface area contributed by atoms with Crippen LogP contribution >= 0.6 is 23.2 Å². The highest BCUT2D eigenvalue weighted by atomic mass is 35.5.